The lowest BCUT2D eigenvalue weighted by atomic mass is 9.90. The van der Waals surface area contributed by atoms with Crippen molar-refractivity contribution in [3.05, 3.63) is 96.1 Å². The van der Waals surface area contributed by atoms with Crippen molar-refractivity contribution in [2.24, 2.45) is 0 Å². The predicted molar refractivity (Wildman–Crippen MR) is 136 cm³/mol. The van der Waals surface area contributed by atoms with Crippen molar-refractivity contribution in [1.82, 2.24) is 5.32 Å². The van der Waals surface area contributed by atoms with E-state index in [0.29, 0.717) is 11.2 Å². The van der Waals surface area contributed by atoms with Crippen LogP contribution in [0.5, 0.6) is 0 Å². The summed E-state index contributed by atoms with van der Waals surface area (Å²) < 4.78 is 0. The molecule has 164 valence electrons. The molecule has 0 spiro atoms. The topological polar surface area (TPSA) is 44.4 Å². The first-order chi connectivity index (χ1) is 15.6. The summed E-state index contributed by atoms with van der Waals surface area (Å²) in [4.78, 5) is 15.7. The molecule has 0 aromatic heterocycles. The van der Waals surface area contributed by atoms with Gasteiger partial charge in [0, 0.05) is 24.0 Å². The molecule has 1 atom stereocenters. The molecule has 1 unspecified atom stereocenters. The standard InChI is InChI=1S/C27H29N3OS/c1-20-10-8-9-19-30(20)24-17-15-23(16-18-24)28-27(32)29-26(31)25(21-11-4-2-5-12-21)22-13-6-3-7-14-22/h2-7,11-18,20,25H,8-10,19H2,1H3,(H2,28,29,31,32). The van der Waals surface area contributed by atoms with Crippen molar-refractivity contribution >= 4 is 34.6 Å². The quantitative estimate of drug-likeness (QED) is 0.496. The SMILES string of the molecule is CC1CCCCN1c1ccc(NC(=S)NC(=O)C(c2ccccc2)c2ccccc2)cc1. The van der Waals surface area contributed by atoms with Gasteiger partial charge in [-0.3, -0.25) is 4.79 Å². The normalized spacial score (nSPS) is 15.9. The summed E-state index contributed by atoms with van der Waals surface area (Å²) in [5.74, 6) is -0.584. The van der Waals surface area contributed by atoms with E-state index in [1.165, 1.54) is 24.9 Å². The highest BCUT2D eigenvalue weighted by Gasteiger charge is 2.23. The monoisotopic (exact) mass is 443 g/mol. The molecule has 0 bridgehead atoms. The Bertz CT molecular complexity index is 998. The molecule has 0 saturated carbocycles. The van der Waals surface area contributed by atoms with Crippen molar-refractivity contribution < 1.29 is 4.79 Å². The van der Waals surface area contributed by atoms with Gasteiger partial charge in [-0.15, -0.1) is 0 Å². The summed E-state index contributed by atoms with van der Waals surface area (Å²) in [6.45, 7) is 3.38. The first-order valence-electron chi connectivity index (χ1n) is 11.2. The van der Waals surface area contributed by atoms with Crippen LogP contribution in [-0.4, -0.2) is 23.6 Å². The summed E-state index contributed by atoms with van der Waals surface area (Å²) in [6, 6.07) is 28.4. The highest BCUT2D eigenvalue weighted by molar-refractivity contribution is 7.80. The number of thiocarbonyl (C=S) groups is 1. The number of piperidine rings is 1. The maximum atomic E-state index is 13.2. The third-order valence-corrected chi connectivity index (χ3v) is 6.23. The Balaban J connectivity index is 1.43. The van der Waals surface area contributed by atoms with E-state index in [-0.39, 0.29) is 5.91 Å². The predicted octanol–water partition coefficient (Wildman–Crippen LogP) is 5.71. The summed E-state index contributed by atoms with van der Waals surface area (Å²) in [7, 11) is 0. The maximum absolute atomic E-state index is 13.2. The number of nitrogens with zero attached hydrogens (tertiary/aromatic N) is 1. The first-order valence-corrected chi connectivity index (χ1v) is 11.6. The smallest absolute Gasteiger partial charge is 0.238 e. The summed E-state index contributed by atoms with van der Waals surface area (Å²) in [6.07, 6.45) is 3.78. The zero-order chi connectivity index (χ0) is 22.3. The van der Waals surface area contributed by atoms with Crippen LogP contribution in [0.2, 0.25) is 0 Å². The van der Waals surface area contributed by atoms with Gasteiger partial charge < -0.3 is 15.5 Å². The number of rotatable bonds is 5. The Morgan fingerprint density at radius 3 is 2.06 bits per heavy atom. The molecule has 32 heavy (non-hydrogen) atoms. The van der Waals surface area contributed by atoms with Crippen LogP contribution in [0.25, 0.3) is 0 Å². The largest absolute Gasteiger partial charge is 0.369 e. The Kier molecular flexibility index (Phi) is 7.17. The van der Waals surface area contributed by atoms with Crippen LogP contribution in [0.4, 0.5) is 11.4 Å². The van der Waals surface area contributed by atoms with E-state index < -0.39 is 5.92 Å². The third-order valence-electron chi connectivity index (χ3n) is 6.02. The number of carbonyl (C=O) groups is 1. The van der Waals surface area contributed by atoms with Crippen LogP contribution in [0.1, 0.15) is 43.2 Å². The van der Waals surface area contributed by atoms with E-state index in [9.17, 15) is 4.79 Å². The lowest BCUT2D eigenvalue weighted by Gasteiger charge is -2.35. The minimum Gasteiger partial charge on any atom is -0.369 e. The molecule has 4 nitrogen and oxygen atoms in total. The van der Waals surface area contributed by atoms with Gasteiger partial charge in [0.25, 0.3) is 0 Å². The highest BCUT2D eigenvalue weighted by atomic mass is 32.1. The van der Waals surface area contributed by atoms with Crippen LogP contribution in [-0.2, 0) is 4.79 Å². The number of carbonyl (C=O) groups excluding carboxylic acids is 1. The molecule has 1 fully saturated rings. The molecule has 1 aliphatic rings. The summed E-state index contributed by atoms with van der Waals surface area (Å²) in [5, 5.41) is 6.33. The second-order valence-corrected chi connectivity index (χ2v) is 8.69. The zero-order valence-corrected chi connectivity index (χ0v) is 19.1. The van der Waals surface area contributed by atoms with Crippen LogP contribution < -0.4 is 15.5 Å². The Morgan fingerprint density at radius 2 is 1.50 bits per heavy atom. The average molecular weight is 444 g/mol. The molecule has 4 rings (SSSR count). The van der Waals surface area contributed by atoms with Gasteiger partial charge in [0.1, 0.15) is 0 Å². The number of benzene rings is 3. The Hall–Kier alpha value is -3.18. The number of anilines is 2. The molecular weight excluding hydrogens is 414 g/mol. The van der Waals surface area contributed by atoms with Crippen molar-refractivity contribution in [2.75, 3.05) is 16.8 Å². The van der Waals surface area contributed by atoms with Crippen molar-refractivity contribution in [1.29, 1.82) is 0 Å². The molecule has 3 aromatic carbocycles. The van der Waals surface area contributed by atoms with E-state index in [1.54, 1.807) is 0 Å². The Labute approximate surface area is 195 Å². The molecule has 1 saturated heterocycles. The number of nitrogens with one attached hydrogen (secondary N) is 2. The van der Waals surface area contributed by atoms with Crippen molar-refractivity contribution in [3.8, 4) is 0 Å². The third kappa shape index (κ3) is 5.35. The van der Waals surface area contributed by atoms with E-state index in [0.717, 1.165) is 23.4 Å². The van der Waals surface area contributed by atoms with Crippen molar-refractivity contribution in [3.63, 3.8) is 0 Å². The fourth-order valence-electron chi connectivity index (χ4n) is 4.35. The van der Waals surface area contributed by atoms with Gasteiger partial charge >= 0.3 is 0 Å². The number of amides is 1. The Morgan fingerprint density at radius 1 is 0.906 bits per heavy atom. The van der Waals surface area contributed by atoms with Crippen LogP contribution >= 0.6 is 12.2 Å². The molecular formula is C27H29N3OS. The van der Waals surface area contributed by atoms with Crippen LogP contribution in [0.3, 0.4) is 0 Å². The van der Waals surface area contributed by atoms with Crippen molar-refractivity contribution in [2.45, 2.75) is 38.1 Å². The molecule has 3 aromatic rings. The van der Waals surface area contributed by atoms with E-state index >= 15 is 0 Å². The fraction of sp³-hybridized carbons (Fsp3) is 0.259. The molecule has 5 heteroatoms. The van der Waals surface area contributed by atoms with Gasteiger partial charge in [-0.1, -0.05) is 60.7 Å². The van der Waals surface area contributed by atoms with Crippen LogP contribution in [0, 0.1) is 0 Å². The average Bonchev–Trinajstić information content (AvgIpc) is 2.81. The van der Waals surface area contributed by atoms with E-state index in [1.807, 2.05) is 72.8 Å². The first kappa shape index (κ1) is 22.0. The van der Waals surface area contributed by atoms with Crippen LogP contribution in [0.15, 0.2) is 84.9 Å². The lowest BCUT2D eigenvalue weighted by Crippen LogP contribution is -2.38. The minimum absolute atomic E-state index is 0.154. The molecule has 1 amide bonds. The zero-order valence-electron chi connectivity index (χ0n) is 18.3. The lowest BCUT2D eigenvalue weighted by molar-refractivity contribution is -0.120. The van der Waals surface area contributed by atoms with Gasteiger partial charge in [-0.05, 0) is 73.8 Å². The molecule has 1 aliphatic heterocycles. The fourth-order valence-corrected chi connectivity index (χ4v) is 4.57. The molecule has 0 aliphatic carbocycles. The van der Waals surface area contributed by atoms with Gasteiger partial charge in [0.15, 0.2) is 5.11 Å². The van der Waals surface area contributed by atoms with Gasteiger partial charge in [0.2, 0.25) is 5.91 Å². The summed E-state index contributed by atoms with van der Waals surface area (Å²) in [5.41, 5.74) is 3.95. The number of hydrogen-bond acceptors (Lipinski definition) is 3. The summed E-state index contributed by atoms with van der Waals surface area (Å²) >= 11 is 5.45. The maximum Gasteiger partial charge on any atom is 0.238 e. The molecule has 0 radical (unpaired) electrons. The molecule has 2 N–H and O–H groups in total. The van der Waals surface area contributed by atoms with Gasteiger partial charge in [0.05, 0.1) is 5.92 Å². The van der Waals surface area contributed by atoms with E-state index in [2.05, 4.69) is 34.6 Å². The highest BCUT2D eigenvalue weighted by Crippen LogP contribution is 2.27. The van der Waals surface area contributed by atoms with Gasteiger partial charge in [-0.2, -0.15) is 0 Å². The van der Waals surface area contributed by atoms with Gasteiger partial charge in [-0.25, -0.2) is 0 Å². The second kappa shape index (κ2) is 10.4. The minimum atomic E-state index is -0.430. The second-order valence-electron chi connectivity index (χ2n) is 8.28. The van der Waals surface area contributed by atoms with E-state index in [4.69, 9.17) is 12.2 Å². The molecule has 1 heterocycles. The number of hydrogen-bond donors (Lipinski definition) is 2.